The molecule has 4 amide bonds. The van der Waals surface area contributed by atoms with E-state index in [0.29, 0.717) is 11.6 Å². The van der Waals surface area contributed by atoms with Crippen molar-refractivity contribution in [2.75, 3.05) is 13.1 Å². The Hall–Kier alpha value is -3.56. The van der Waals surface area contributed by atoms with Gasteiger partial charge in [0.1, 0.15) is 0 Å². The minimum Gasteiger partial charge on any atom is -0.350 e. The maximum Gasteiger partial charge on any atom is 0.416 e. The van der Waals surface area contributed by atoms with Gasteiger partial charge < -0.3 is 10.6 Å². The lowest BCUT2D eigenvalue weighted by Crippen LogP contribution is -2.48. The van der Waals surface area contributed by atoms with Crippen LogP contribution in [0.25, 0.3) is 0 Å². The minimum atomic E-state index is -4.58. The SMILES string of the molecule is O=C(NCCNC(=O)c1ccccc1)NNC(=O)c1cccc(C(F)(F)F)c1. The highest BCUT2D eigenvalue weighted by molar-refractivity contribution is 5.95. The van der Waals surface area contributed by atoms with E-state index in [2.05, 4.69) is 10.6 Å². The van der Waals surface area contributed by atoms with Crippen molar-refractivity contribution in [1.29, 1.82) is 0 Å². The van der Waals surface area contributed by atoms with E-state index in [-0.39, 0.29) is 24.6 Å². The summed E-state index contributed by atoms with van der Waals surface area (Å²) in [5.74, 6) is -1.21. The Balaban J connectivity index is 1.71. The van der Waals surface area contributed by atoms with Crippen LogP contribution in [0.2, 0.25) is 0 Å². The highest BCUT2D eigenvalue weighted by atomic mass is 19.4. The molecule has 0 aliphatic carbocycles. The largest absolute Gasteiger partial charge is 0.416 e. The van der Waals surface area contributed by atoms with Crippen molar-refractivity contribution >= 4 is 17.8 Å². The van der Waals surface area contributed by atoms with E-state index in [4.69, 9.17) is 0 Å². The van der Waals surface area contributed by atoms with Gasteiger partial charge in [-0.25, -0.2) is 10.2 Å². The third-order valence-electron chi connectivity index (χ3n) is 3.47. The number of carbonyl (C=O) groups excluding carboxylic acids is 3. The number of carbonyl (C=O) groups is 3. The van der Waals surface area contributed by atoms with Gasteiger partial charge in [0.25, 0.3) is 11.8 Å². The molecule has 2 rings (SSSR count). The first-order valence-electron chi connectivity index (χ1n) is 8.12. The second kappa shape index (κ2) is 9.40. The second-order valence-electron chi connectivity index (χ2n) is 5.54. The Morgan fingerprint density at radius 1 is 0.750 bits per heavy atom. The zero-order valence-corrected chi connectivity index (χ0v) is 14.5. The van der Waals surface area contributed by atoms with Crippen LogP contribution in [0.15, 0.2) is 54.6 Å². The molecule has 2 aromatic rings. The Morgan fingerprint density at radius 2 is 1.39 bits per heavy atom. The molecule has 0 fully saturated rings. The molecule has 0 heterocycles. The normalized spacial score (nSPS) is 10.7. The van der Waals surface area contributed by atoms with E-state index in [1.165, 1.54) is 6.07 Å². The van der Waals surface area contributed by atoms with Crippen molar-refractivity contribution in [3.05, 3.63) is 71.3 Å². The minimum absolute atomic E-state index is 0.0733. The molecule has 0 aliphatic heterocycles. The van der Waals surface area contributed by atoms with Gasteiger partial charge in [0.2, 0.25) is 0 Å². The average Bonchev–Trinajstić information content (AvgIpc) is 2.69. The quantitative estimate of drug-likeness (QED) is 0.462. The van der Waals surface area contributed by atoms with Gasteiger partial charge >= 0.3 is 12.2 Å². The molecule has 0 bridgehead atoms. The fourth-order valence-electron chi connectivity index (χ4n) is 2.11. The summed E-state index contributed by atoms with van der Waals surface area (Å²) < 4.78 is 37.9. The Kier molecular flexibility index (Phi) is 6.96. The van der Waals surface area contributed by atoms with Crippen LogP contribution in [0.5, 0.6) is 0 Å². The molecule has 0 saturated heterocycles. The van der Waals surface area contributed by atoms with Gasteiger partial charge in [0.05, 0.1) is 5.56 Å². The van der Waals surface area contributed by atoms with Crippen LogP contribution in [-0.4, -0.2) is 30.9 Å². The summed E-state index contributed by atoms with van der Waals surface area (Å²) in [5, 5.41) is 4.96. The molecule has 0 atom stereocenters. The molecule has 0 radical (unpaired) electrons. The molecule has 7 nitrogen and oxygen atoms in total. The van der Waals surface area contributed by atoms with Crippen molar-refractivity contribution < 1.29 is 27.6 Å². The van der Waals surface area contributed by atoms with Crippen molar-refractivity contribution in [2.45, 2.75) is 6.18 Å². The molecular formula is C18H17F3N4O3. The average molecular weight is 394 g/mol. The summed E-state index contributed by atoms with van der Waals surface area (Å²) in [6.07, 6.45) is -4.58. The first-order chi connectivity index (χ1) is 13.3. The zero-order chi connectivity index (χ0) is 20.6. The third-order valence-corrected chi connectivity index (χ3v) is 3.47. The number of hydrogen-bond donors (Lipinski definition) is 4. The smallest absolute Gasteiger partial charge is 0.350 e. The van der Waals surface area contributed by atoms with Gasteiger partial charge in [-0.1, -0.05) is 24.3 Å². The fraction of sp³-hybridized carbons (Fsp3) is 0.167. The van der Waals surface area contributed by atoms with E-state index in [1.54, 1.807) is 30.3 Å². The van der Waals surface area contributed by atoms with Crippen LogP contribution < -0.4 is 21.5 Å². The lowest BCUT2D eigenvalue weighted by atomic mass is 10.1. The van der Waals surface area contributed by atoms with E-state index in [1.807, 2.05) is 10.9 Å². The maximum absolute atomic E-state index is 12.6. The predicted molar refractivity (Wildman–Crippen MR) is 94.2 cm³/mol. The number of hydrogen-bond acceptors (Lipinski definition) is 3. The highest BCUT2D eigenvalue weighted by Gasteiger charge is 2.30. The lowest BCUT2D eigenvalue weighted by Gasteiger charge is -2.11. The van der Waals surface area contributed by atoms with Gasteiger partial charge in [-0.3, -0.25) is 15.0 Å². The number of amides is 4. The molecule has 148 valence electrons. The molecule has 10 heteroatoms. The molecule has 0 saturated carbocycles. The number of rotatable bonds is 5. The third kappa shape index (κ3) is 6.31. The van der Waals surface area contributed by atoms with E-state index >= 15 is 0 Å². The molecule has 0 unspecified atom stereocenters. The van der Waals surface area contributed by atoms with Crippen molar-refractivity contribution in [3.63, 3.8) is 0 Å². The van der Waals surface area contributed by atoms with Gasteiger partial charge in [0.15, 0.2) is 0 Å². The van der Waals surface area contributed by atoms with Gasteiger partial charge in [0, 0.05) is 24.2 Å². The summed E-state index contributed by atoms with van der Waals surface area (Å²) in [7, 11) is 0. The van der Waals surface area contributed by atoms with Crippen LogP contribution in [-0.2, 0) is 6.18 Å². The zero-order valence-electron chi connectivity index (χ0n) is 14.5. The van der Waals surface area contributed by atoms with Crippen LogP contribution in [0.3, 0.4) is 0 Å². The number of urea groups is 1. The summed E-state index contributed by atoms with van der Waals surface area (Å²) in [4.78, 5) is 35.2. The molecule has 28 heavy (non-hydrogen) atoms. The standard InChI is InChI=1S/C18H17F3N4O3/c19-18(20,21)14-8-4-7-13(11-14)16(27)24-25-17(28)23-10-9-22-15(26)12-5-2-1-3-6-12/h1-8,11H,9-10H2,(H,22,26)(H,24,27)(H2,23,25,28). The highest BCUT2D eigenvalue weighted by Crippen LogP contribution is 2.29. The van der Waals surface area contributed by atoms with Crippen molar-refractivity contribution in [1.82, 2.24) is 21.5 Å². The number of nitrogens with one attached hydrogen (secondary N) is 4. The topological polar surface area (TPSA) is 99.3 Å². The molecule has 4 N–H and O–H groups in total. The van der Waals surface area contributed by atoms with Crippen LogP contribution in [0.4, 0.5) is 18.0 Å². The molecule has 0 aliphatic rings. The predicted octanol–water partition coefficient (Wildman–Crippen LogP) is 2.08. The van der Waals surface area contributed by atoms with Gasteiger partial charge in [-0.05, 0) is 30.3 Å². The van der Waals surface area contributed by atoms with Crippen LogP contribution in [0, 0.1) is 0 Å². The Labute approximate surface area is 158 Å². The van der Waals surface area contributed by atoms with Crippen LogP contribution >= 0.6 is 0 Å². The molecule has 0 spiro atoms. The number of halogens is 3. The van der Waals surface area contributed by atoms with Crippen molar-refractivity contribution in [2.24, 2.45) is 0 Å². The monoisotopic (exact) mass is 394 g/mol. The second-order valence-corrected chi connectivity index (χ2v) is 5.54. The summed E-state index contributed by atoms with van der Waals surface area (Å²) in [6.45, 7) is 0.215. The van der Waals surface area contributed by atoms with E-state index in [9.17, 15) is 27.6 Å². The molecule has 2 aromatic carbocycles. The molecular weight excluding hydrogens is 377 g/mol. The first kappa shape index (κ1) is 20.7. The summed E-state index contributed by atoms with van der Waals surface area (Å²) in [5.41, 5.74) is 3.25. The summed E-state index contributed by atoms with van der Waals surface area (Å²) >= 11 is 0. The Bertz CT molecular complexity index is 841. The maximum atomic E-state index is 12.6. The first-order valence-corrected chi connectivity index (χ1v) is 8.12. The number of hydrazine groups is 1. The van der Waals surface area contributed by atoms with Crippen LogP contribution in [0.1, 0.15) is 26.3 Å². The Morgan fingerprint density at radius 3 is 2.07 bits per heavy atom. The number of benzene rings is 2. The van der Waals surface area contributed by atoms with Crippen molar-refractivity contribution in [3.8, 4) is 0 Å². The van der Waals surface area contributed by atoms with Gasteiger partial charge in [-0.2, -0.15) is 13.2 Å². The van der Waals surface area contributed by atoms with E-state index < -0.39 is 23.7 Å². The lowest BCUT2D eigenvalue weighted by molar-refractivity contribution is -0.137. The fourth-order valence-corrected chi connectivity index (χ4v) is 2.11. The van der Waals surface area contributed by atoms with Gasteiger partial charge in [-0.15, -0.1) is 0 Å². The summed E-state index contributed by atoms with van der Waals surface area (Å²) in [6, 6.07) is 11.5. The van der Waals surface area contributed by atoms with E-state index in [0.717, 1.165) is 12.1 Å². The molecule has 0 aromatic heterocycles. The number of alkyl halides is 3.